The molecule has 2 nitrogen and oxygen atoms in total. The summed E-state index contributed by atoms with van der Waals surface area (Å²) in [5.74, 6) is 0.212. The fraction of sp³-hybridized carbons (Fsp3) is 0.231. The van der Waals surface area contributed by atoms with E-state index in [4.69, 9.17) is 0 Å². The van der Waals surface area contributed by atoms with E-state index in [1.54, 1.807) is 23.9 Å². The molecule has 0 N–H and O–H groups in total. The van der Waals surface area contributed by atoms with Gasteiger partial charge in [-0.15, -0.1) is 0 Å². The standard InChI is InChI=1S/C22H17.C16H13.C6H5.2C4H10N.Sn.Zr/c1-16-15-21-19(17-9-4-2-5-10-17)13-8-14-20(21)22(16)18-11-6-3-7-12-18;1-12-10-14-8-5-9-15(16(14)11-12)13-6-3-2-4-7-13;1-2-4-6-5-3-1;2*1-3-5-4-2;;/h2-11,13-15,22H,1H3;2-11H,1H3;1-5H;2*3-4H2,1-2H3;;/q;;;2*-1;;+2. The second kappa shape index (κ2) is 17.1. The SMILES string of the molecule is CC[N](CC)[Zr]([N](CC)CC)[Sn]([c]1ccccc1)([c]1ccccc1C1C(C)=Cc2c(-c3ccccc3)cccc21)[CH]1C(C)=Cc2c(-c3ccccc3)cccc21. The van der Waals surface area contributed by atoms with E-state index >= 15 is 0 Å². The Kier molecular flexibility index (Phi) is 12.0. The number of allylic oxidation sites excluding steroid dienone is 2. The number of hydrogen-bond donors (Lipinski definition) is 0. The van der Waals surface area contributed by atoms with Gasteiger partial charge in [0, 0.05) is 0 Å². The molecule has 2 aliphatic carbocycles. The molecule has 0 fully saturated rings. The fourth-order valence-corrected chi connectivity index (χ4v) is 83.6. The Balaban J connectivity index is 1.48. The van der Waals surface area contributed by atoms with Crippen molar-refractivity contribution in [3.05, 3.63) is 191 Å². The summed E-state index contributed by atoms with van der Waals surface area (Å²) < 4.78 is 9.84. The Morgan fingerprint density at radius 3 is 1.46 bits per heavy atom. The molecular formula is C52H55N2SnZr. The van der Waals surface area contributed by atoms with E-state index in [0.717, 1.165) is 26.2 Å². The van der Waals surface area contributed by atoms with Crippen LogP contribution in [-0.4, -0.2) is 45.7 Å². The zero-order chi connectivity index (χ0) is 38.8. The summed E-state index contributed by atoms with van der Waals surface area (Å²) in [6, 6.07) is 58.4. The molecule has 0 saturated heterocycles. The second-order valence-electron chi connectivity index (χ2n) is 15.4. The summed E-state index contributed by atoms with van der Waals surface area (Å²) in [6.07, 6.45) is 5.11. The van der Waals surface area contributed by atoms with E-state index < -0.39 is 32.0 Å². The van der Waals surface area contributed by atoms with Crippen LogP contribution >= 0.6 is 0 Å². The minimum atomic E-state index is -4.05. The average Bonchev–Trinajstić information content (AvgIpc) is 3.78. The normalized spacial score (nSPS) is 17.0. The predicted octanol–water partition coefficient (Wildman–Crippen LogP) is 11.5. The van der Waals surface area contributed by atoms with Gasteiger partial charge in [-0.1, -0.05) is 0 Å². The first-order valence-corrected chi connectivity index (χ1v) is 37.1. The molecule has 0 heterocycles. The van der Waals surface area contributed by atoms with Crippen molar-refractivity contribution < 1.29 is 18.2 Å². The van der Waals surface area contributed by atoms with Crippen molar-refractivity contribution in [1.29, 1.82) is 0 Å². The van der Waals surface area contributed by atoms with Gasteiger partial charge < -0.3 is 0 Å². The molecule has 0 spiro atoms. The third kappa shape index (κ3) is 6.71. The summed E-state index contributed by atoms with van der Waals surface area (Å²) in [5, 5.41) is 0. The number of benzene rings is 6. The summed E-state index contributed by atoms with van der Waals surface area (Å²) >= 11 is -6.90. The van der Waals surface area contributed by atoms with Crippen LogP contribution in [0.1, 0.15) is 79.2 Å². The summed E-state index contributed by atoms with van der Waals surface area (Å²) in [4.78, 5) is 0. The van der Waals surface area contributed by atoms with Gasteiger partial charge in [0.05, 0.1) is 0 Å². The third-order valence-electron chi connectivity index (χ3n) is 12.6. The molecule has 0 saturated carbocycles. The Bertz CT molecular complexity index is 2350. The van der Waals surface area contributed by atoms with Crippen LogP contribution < -0.4 is 7.16 Å². The fourth-order valence-electron chi connectivity index (χ4n) is 10.2. The molecule has 8 rings (SSSR count). The van der Waals surface area contributed by atoms with Gasteiger partial charge in [-0.3, -0.25) is 0 Å². The van der Waals surface area contributed by atoms with Crippen LogP contribution in [0, 0.1) is 0 Å². The molecule has 2 aliphatic rings. The molecule has 0 aromatic heterocycles. The number of nitrogens with zero attached hydrogens (tertiary/aromatic N) is 2. The van der Waals surface area contributed by atoms with Crippen LogP contribution in [0.5, 0.6) is 0 Å². The first-order chi connectivity index (χ1) is 27.5. The molecule has 3 unspecified atom stereocenters. The maximum absolute atomic E-state index is 4.05. The zero-order valence-corrected chi connectivity index (χ0v) is 39.3. The van der Waals surface area contributed by atoms with Crippen LogP contribution in [0.2, 0.25) is 0 Å². The molecule has 0 amide bonds. The Hall–Kier alpha value is -3.60. The molecule has 6 aromatic carbocycles. The monoisotopic (exact) mass is 917 g/mol. The molecule has 56 heavy (non-hydrogen) atoms. The van der Waals surface area contributed by atoms with Gasteiger partial charge in [-0.25, -0.2) is 0 Å². The van der Waals surface area contributed by atoms with Gasteiger partial charge in [0.2, 0.25) is 0 Å². The number of fused-ring (bicyclic) bond motifs is 2. The summed E-state index contributed by atoms with van der Waals surface area (Å²) in [5.41, 5.74) is 15.7. The molecule has 4 heteroatoms. The van der Waals surface area contributed by atoms with Crippen molar-refractivity contribution in [2.75, 3.05) is 26.2 Å². The van der Waals surface area contributed by atoms with Gasteiger partial charge in [-0.05, 0) is 0 Å². The van der Waals surface area contributed by atoms with Crippen LogP contribution in [0.3, 0.4) is 0 Å². The Morgan fingerprint density at radius 1 is 0.464 bits per heavy atom. The van der Waals surface area contributed by atoms with E-state index in [2.05, 4.69) is 211 Å². The van der Waals surface area contributed by atoms with Crippen molar-refractivity contribution in [1.82, 2.24) is 5.69 Å². The number of rotatable bonds is 13. The summed E-state index contributed by atoms with van der Waals surface area (Å²) in [7, 11) is 0. The second-order valence-corrected chi connectivity index (χ2v) is 50.1. The molecule has 0 bridgehead atoms. The molecule has 0 radical (unpaired) electrons. The van der Waals surface area contributed by atoms with E-state index in [1.165, 1.54) is 44.5 Å². The van der Waals surface area contributed by atoms with Crippen LogP contribution in [0.15, 0.2) is 163 Å². The van der Waals surface area contributed by atoms with Crippen molar-refractivity contribution in [2.24, 2.45) is 0 Å². The Labute approximate surface area is 344 Å². The molecule has 281 valence electrons. The summed E-state index contributed by atoms with van der Waals surface area (Å²) in [6.45, 7) is 19.0. The minimum absolute atomic E-state index is 0.212. The topological polar surface area (TPSA) is 6.48 Å². The molecule has 6 aromatic rings. The maximum atomic E-state index is 3.04. The van der Waals surface area contributed by atoms with Gasteiger partial charge in [-0.2, -0.15) is 0 Å². The quantitative estimate of drug-likeness (QED) is 0.107. The third-order valence-corrected chi connectivity index (χ3v) is 68.8. The van der Waals surface area contributed by atoms with Crippen LogP contribution in [0.4, 0.5) is 0 Å². The zero-order valence-electron chi connectivity index (χ0n) is 34.0. The first-order valence-electron chi connectivity index (χ1n) is 20.7. The van der Waals surface area contributed by atoms with Crippen LogP contribution in [-0.2, 0) is 18.2 Å². The average molecular weight is 918 g/mol. The Morgan fingerprint density at radius 2 is 0.911 bits per heavy atom. The van der Waals surface area contributed by atoms with E-state index in [-0.39, 0.29) is 5.92 Å². The first kappa shape index (κ1) is 39.2. The molecule has 0 aliphatic heterocycles. The molecular weight excluding hydrogens is 863 g/mol. The van der Waals surface area contributed by atoms with Crippen molar-refractivity contribution in [2.45, 2.75) is 51.4 Å². The van der Waals surface area contributed by atoms with Crippen LogP contribution in [0.25, 0.3) is 34.4 Å². The van der Waals surface area contributed by atoms with Crippen molar-refractivity contribution in [3.63, 3.8) is 0 Å². The van der Waals surface area contributed by atoms with Gasteiger partial charge >= 0.3 is 347 Å². The molecule has 3 atom stereocenters. The van der Waals surface area contributed by atoms with E-state index in [1.807, 2.05) is 0 Å². The van der Waals surface area contributed by atoms with Gasteiger partial charge in [0.15, 0.2) is 0 Å². The van der Waals surface area contributed by atoms with Gasteiger partial charge in [0.25, 0.3) is 0 Å². The predicted molar refractivity (Wildman–Crippen MR) is 239 cm³/mol. The van der Waals surface area contributed by atoms with Gasteiger partial charge in [0.1, 0.15) is 0 Å². The van der Waals surface area contributed by atoms with E-state index in [0.29, 0.717) is 3.93 Å². The van der Waals surface area contributed by atoms with Crippen molar-refractivity contribution in [3.8, 4) is 22.3 Å². The van der Waals surface area contributed by atoms with Crippen molar-refractivity contribution >= 4 is 33.1 Å². The van der Waals surface area contributed by atoms with E-state index in [9.17, 15) is 0 Å². The number of hydrogen-bond acceptors (Lipinski definition) is 2.